The van der Waals surface area contributed by atoms with Crippen molar-refractivity contribution in [1.82, 2.24) is 15.1 Å². The molecule has 3 rings (SSSR count). The summed E-state index contributed by atoms with van der Waals surface area (Å²) in [6.45, 7) is -0.153. The Labute approximate surface area is 210 Å². The number of urea groups is 1. The number of carbonyl (C=O) groups is 1. The predicted molar refractivity (Wildman–Crippen MR) is 136 cm³/mol. The Balaban J connectivity index is 0.00000385. The average Bonchev–Trinajstić information content (AvgIpc) is 3.31. The molecule has 10 heteroatoms. The summed E-state index contributed by atoms with van der Waals surface area (Å²) in [5, 5.41) is 6.27. The highest BCUT2D eigenvalue weighted by Crippen LogP contribution is 2.16. The Morgan fingerprint density at radius 3 is 2.48 bits per heavy atom. The lowest BCUT2D eigenvalue weighted by Crippen LogP contribution is -2.38. The molecule has 2 amide bonds. The van der Waals surface area contributed by atoms with Crippen LogP contribution in [0.15, 0.2) is 53.5 Å². The number of likely N-dealkylation sites (tertiary alicyclic amines) is 1. The van der Waals surface area contributed by atoms with Gasteiger partial charge in [-0.2, -0.15) is 8.78 Å². The molecule has 0 aromatic heterocycles. The van der Waals surface area contributed by atoms with Gasteiger partial charge < -0.3 is 25.2 Å². The van der Waals surface area contributed by atoms with Crippen LogP contribution in [0.5, 0.6) is 5.75 Å². The number of amides is 2. The van der Waals surface area contributed by atoms with Gasteiger partial charge in [0.05, 0.1) is 0 Å². The normalized spacial score (nSPS) is 13.5. The molecule has 2 N–H and O–H groups in total. The minimum absolute atomic E-state index is 0. The predicted octanol–water partition coefficient (Wildman–Crippen LogP) is 4.74. The number of carbonyl (C=O) groups excluding carboxylic acids is 1. The van der Waals surface area contributed by atoms with Crippen LogP contribution < -0.4 is 15.4 Å². The number of aliphatic imine (C=N–C) groups is 1. The molecule has 0 bridgehead atoms. The van der Waals surface area contributed by atoms with Crippen molar-refractivity contribution in [3.05, 3.63) is 59.7 Å². The quantitative estimate of drug-likeness (QED) is 0.285. The van der Waals surface area contributed by atoms with Gasteiger partial charge in [-0.3, -0.25) is 4.99 Å². The van der Waals surface area contributed by atoms with Crippen molar-refractivity contribution in [2.75, 3.05) is 32.5 Å². The molecule has 1 saturated heterocycles. The number of hydrogen-bond donors (Lipinski definition) is 2. The summed E-state index contributed by atoms with van der Waals surface area (Å²) in [4.78, 5) is 20.4. The number of ether oxygens (including phenoxy) is 1. The van der Waals surface area contributed by atoms with Crippen LogP contribution in [0.2, 0.25) is 0 Å². The molecule has 7 nitrogen and oxygen atoms in total. The molecule has 1 heterocycles. The van der Waals surface area contributed by atoms with E-state index in [0.29, 0.717) is 19.0 Å². The maximum atomic E-state index is 12.3. The molecule has 1 fully saturated rings. The maximum absolute atomic E-state index is 12.3. The van der Waals surface area contributed by atoms with Crippen molar-refractivity contribution in [3.63, 3.8) is 0 Å². The number of benzene rings is 2. The van der Waals surface area contributed by atoms with Crippen LogP contribution in [-0.4, -0.2) is 55.6 Å². The zero-order valence-electron chi connectivity index (χ0n) is 18.8. The molecule has 0 atom stereocenters. The Morgan fingerprint density at radius 2 is 1.85 bits per heavy atom. The van der Waals surface area contributed by atoms with Crippen LogP contribution in [0.1, 0.15) is 24.0 Å². The number of guanidine groups is 1. The molecule has 2 aromatic rings. The largest absolute Gasteiger partial charge is 0.435 e. The fourth-order valence-electron chi connectivity index (χ4n) is 3.57. The molecule has 2 aromatic carbocycles. The first-order chi connectivity index (χ1) is 15.4. The Morgan fingerprint density at radius 1 is 1.15 bits per heavy atom. The van der Waals surface area contributed by atoms with E-state index >= 15 is 0 Å². The van der Waals surface area contributed by atoms with Crippen LogP contribution >= 0.6 is 24.0 Å². The van der Waals surface area contributed by atoms with Crippen molar-refractivity contribution >= 4 is 41.7 Å². The SMILES string of the molecule is CN=C(NCc1cccc(NC(=O)N2CCCC2)c1)N(C)Cc1ccc(OC(F)F)cc1.I. The number of nitrogens with one attached hydrogen (secondary N) is 2. The zero-order valence-corrected chi connectivity index (χ0v) is 21.1. The molecule has 180 valence electrons. The van der Waals surface area contributed by atoms with Gasteiger partial charge in [-0.1, -0.05) is 24.3 Å². The molecule has 1 aliphatic heterocycles. The van der Waals surface area contributed by atoms with Gasteiger partial charge >= 0.3 is 12.6 Å². The van der Waals surface area contributed by atoms with E-state index in [1.54, 1.807) is 19.2 Å². The van der Waals surface area contributed by atoms with E-state index in [-0.39, 0.29) is 35.8 Å². The number of halogens is 3. The van der Waals surface area contributed by atoms with Gasteiger partial charge in [-0.05, 0) is 48.2 Å². The Hall–Kier alpha value is -2.63. The first-order valence-electron chi connectivity index (χ1n) is 10.5. The molecule has 1 aliphatic rings. The second kappa shape index (κ2) is 13.2. The molecular weight excluding hydrogens is 543 g/mol. The van der Waals surface area contributed by atoms with Gasteiger partial charge in [0.15, 0.2) is 5.96 Å². The zero-order chi connectivity index (χ0) is 22.9. The van der Waals surface area contributed by atoms with E-state index in [0.717, 1.165) is 42.7 Å². The van der Waals surface area contributed by atoms with Crippen molar-refractivity contribution in [2.24, 2.45) is 4.99 Å². The van der Waals surface area contributed by atoms with E-state index in [4.69, 9.17) is 0 Å². The van der Waals surface area contributed by atoms with Crippen molar-refractivity contribution in [3.8, 4) is 5.75 Å². The second-order valence-electron chi connectivity index (χ2n) is 7.60. The molecule has 0 spiro atoms. The monoisotopic (exact) mass is 573 g/mol. The minimum Gasteiger partial charge on any atom is -0.435 e. The maximum Gasteiger partial charge on any atom is 0.387 e. The summed E-state index contributed by atoms with van der Waals surface area (Å²) in [5.74, 6) is 0.815. The smallest absolute Gasteiger partial charge is 0.387 e. The number of nitrogens with zero attached hydrogens (tertiary/aromatic N) is 3. The van der Waals surface area contributed by atoms with E-state index in [2.05, 4.69) is 20.4 Å². The average molecular weight is 573 g/mol. The highest BCUT2D eigenvalue weighted by molar-refractivity contribution is 14.0. The number of anilines is 1. The third-order valence-electron chi connectivity index (χ3n) is 5.16. The summed E-state index contributed by atoms with van der Waals surface area (Å²) >= 11 is 0. The highest BCUT2D eigenvalue weighted by Gasteiger charge is 2.17. The third kappa shape index (κ3) is 8.34. The van der Waals surface area contributed by atoms with E-state index in [1.165, 1.54) is 12.1 Å². The summed E-state index contributed by atoms with van der Waals surface area (Å²) < 4.78 is 29.0. The van der Waals surface area contributed by atoms with Crippen LogP contribution in [-0.2, 0) is 13.1 Å². The third-order valence-corrected chi connectivity index (χ3v) is 5.16. The minimum atomic E-state index is -2.83. The molecule has 0 aliphatic carbocycles. The molecule has 0 saturated carbocycles. The van der Waals surface area contributed by atoms with E-state index in [1.807, 2.05) is 41.1 Å². The summed E-state index contributed by atoms with van der Waals surface area (Å²) in [6.07, 6.45) is 2.11. The molecule has 0 radical (unpaired) electrons. The van der Waals surface area contributed by atoms with Crippen LogP contribution in [0.3, 0.4) is 0 Å². The van der Waals surface area contributed by atoms with Gasteiger partial charge in [0.2, 0.25) is 0 Å². The van der Waals surface area contributed by atoms with E-state index in [9.17, 15) is 13.6 Å². The topological polar surface area (TPSA) is 69.2 Å². The number of rotatable bonds is 7. The van der Waals surface area contributed by atoms with Crippen molar-refractivity contribution < 1.29 is 18.3 Å². The van der Waals surface area contributed by atoms with E-state index < -0.39 is 6.61 Å². The van der Waals surface area contributed by atoms with Crippen LogP contribution in [0.25, 0.3) is 0 Å². The number of hydrogen-bond acceptors (Lipinski definition) is 3. The van der Waals surface area contributed by atoms with Crippen molar-refractivity contribution in [2.45, 2.75) is 32.5 Å². The second-order valence-corrected chi connectivity index (χ2v) is 7.60. The van der Waals surface area contributed by atoms with Gasteiger partial charge in [0.1, 0.15) is 5.75 Å². The molecule has 33 heavy (non-hydrogen) atoms. The lowest BCUT2D eigenvalue weighted by Gasteiger charge is -2.22. The Kier molecular flexibility index (Phi) is 10.6. The lowest BCUT2D eigenvalue weighted by atomic mass is 10.2. The van der Waals surface area contributed by atoms with Crippen LogP contribution in [0, 0.1) is 0 Å². The fourth-order valence-corrected chi connectivity index (χ4v) is 3.57. The first kappa shape index (κ1) is 26.6. The number of alkyl halides is 2. The van der Waals surface area contributed by atoms with Crippen LogP contribution in [0.4, 0.5) is 19.3 Å². The van der Waals surface area contributed by atoms with Gasteiger partial charge in [0.25, 0.3) is 0 Å². The lowest BCUT2D eigenvalue weighted by molar-refractivity contribution is -0.0498. The summed E-state index contributed by atoms with van der Waals surface area (Å²) in [6, 6.07) is 14.2. The fraction of sp³-hybridized carbons (Fsp3) is 0.391. The van der Waals surface area contributed by atoms with Gasteiger partial charge in [0, 0.05) is 46.0 Å². The molecular formula is C23H30F2IN5O2. The molecule has 0 unspecified atom stereocenters. The highest BCUT2D eigenvalue weighted by atomic mass is 127. The first-order valence-corrected chi connectivity index (χ1v) is 10.5. The van der Waals surface area contributed by atoms with Gasteiger partial charge in [-0.15, -0.1) is 24.0 Å². The summed E-state index contributed by atoms with van der Waals surface area (Å²) in [5.41, 5.74) is 2.70. The Bertz CT molecular complexity index is 921. The standard InChI is InChI=1S/C23H29F2N5O2.HI/c1-26-22(29(2)16-17-8-10-20(11-9-17)32-21(24)25)27-15-18-6-5-7-19(14-18)28-23(31)30-12-3-4-13-30;/h5-11,14,21H,3-4,12-13,15-16H2,1-2H3,(H,26,27)(H,28,31);1H. The summed E-state index contributed by atoms with van der Waals surface area (Å²) in [7, 11) is 3.59. The van der Waals surface area contributed by atoms with Crippen molar-refractivity contribution in [1.29, 1.82) is 0 Å². The van der Waals surface area contributed by atoms with Gasteiger partial charge in [-0.25, -0.2) is 4.79 Å².